The summed E-state index contributed by atoms with van der Waals surface area (Å²) < 4.78 is 93.5. The molecule has 0 aliphatic carbocycles. The third-order valence-electron chi connectivity index (χ3n) is 3.29. The zero-order valence-corrected chi connectivity index (χ0v) is 13.7. The Labute approximate surface area is 135 Å². The Bertz CT molecular complexity index is 408. The average molecular weight is 368 g/mol. The maximum atomic E-state index is 13.5. The van der Waals surface area contributed by atoms with Crippen LogP contribution in [-0.4, -0.2) is 43.7 Å². The predicted octanol–water partition coefficient (Wildman–Crippen LogP) is 4.95. The minimum Gasteiger partial charge on any atom is -0.650 e. The smallest absolute Gasteiger partial charge is 0.371 e. The highest BCUT2D eigenvalue weighted by Gasteiger charge is 2.41. The van der Waals surface area contributed by atoms with Gasteiger partial charge in [-0.05, 0) is 20.3 Å². The van der Waals surface area contributed by atoms with Gasteiger partial charge in [-0.15, -0.1) is 0 Å². The van der Waals surface area contributed by atoms with Crippen LogP contribution in [0.3, 0.4) is 0 Å². The molecule has 0 aromatic rings. The summed E-state index contributed by atoms with van der Waals surface area (Å²) in [6.07, 6.45) is -7.47. The van der Waals surface area contributed by atoms with Crippen LogP contribution in [-0.2, 0) is 9.53 Å². The summed E-state index contributed by atoms with van der Waals surface area (Å²) in [6.45, 7) is 0.558. The zero-order valence-electron chi connectivity index (χ0n) is 13.7. The van der Waals surface area contributed by atoms with Crippen LogP contribution in [0.4, 0.5) is 30.7 Å². The number of ether oxygens (including phenoxy) is 1. The largest absolute Gasteiger partial charge is 0.650 e. The van der Waals surface area contributed by atoms with Crippen molar-refractivity contribution < 1.29 is 40.3 Å². The van der Waals surface area contributed by atoms with Crippen molar-refractivity contribution in [3.63, 3.8) is 0 Å². The fourth-order valence-corrected chi connectivity index (χ4v) is 1.50. The summed E-state index contributed by atoms with van der Waals surface area (Å²) in [5, 5.41) is 2.56. The van der Waals surface area contributed by atoms with Gasteiger partial charge >= 0.3 is 12.1 Å². The first-order valence-electron chi connectivity index (χ1n) is 7.23. The molecule has 0 unspecified atom stereocenters. The lowest BCUT2D eigenvalue weighted by atomic mass is 9.91. The van der Waals surface area contributed by atoms with E-state index in [-0.39, 0.29) is 0 Å². The molecule has 0 atom stereocenters. The lowest BCUT2D eigenvalue weighted by Gasteiger charge is -2.30. The Morgan fingerprint density at radius 1 is 0.958 bits per heavy atom. The van der Waals surface area contributed by atoms with E-state index in [1.807, 2.05) is 0 Å². The zero-order chi connectivity index (χ0) is 19.2. The first kappa shape index (κ1) is 22.9. The van der Waals surface area contributed by atoms with Crippen molar-refractivity contribution in [2.45, 2.75) is 58.1 Å². The van der Waals surface area contributed by atoms with E-state index in [1.54, 1.807) is 20.8 Å². The molecule has 3 nitrogen and oxygen atoms in total. The summed E-state index contributed by atoms with van der Waals surface area (Å²) in [5.74, 6) is -8.71. The number of esters is 1. The maximum absolute atomic E-state index is 13.5. The SMILES string of the molecule is CCC(C)(C)C(=O)OCCC(F)(F)CC(F)(F)C[N-]CC(F)(F)F. The molecular weight excluding hydrogens is 347 g/mol. The van der Waals surface area contributed by atoms with Gasteiger partial charge in [-0.25, -0.2) is 17.6 Å². The topological polar surface area (TPSA) is 40.4 Å². The number of halogens is 7. The Morgan fingerprint density at radius 2 is 1.50 bits per heavy atom. The quantitative estimate of drug-likeness (QED) is 0.404. The van der Waals surface area contributed by atoms with Gasteiger partial charge in [0.1, 0.15) is 0 Å². The van der Waals surface area contributed by atoms with Crippen LogP contribution >= 0.6 is 0 Å². The van der Waals surface area contributed by atoms with E-state index in [0.717, 1.165) is 0 Å². The van der Waals surface area contributed by atoms with E-state index < -0.39 is 61.9 Å². The van der Waals surface area contributed by atoms with Gasteiger partial charge in [0.25, 0.3) is 5.92 Å². The molecular formula is C14H21F7NO2-. The van der Waals surface area contributed by atoms with Gasteiger partial charge in [-0.2, -0.15) is 13.2 Å². The number of hydrogen-bond donors (Lipinski definition) is 0. The summed E-state index contributed by atoms with van der Waals surface area (Å²) in [5.41, 5.74) is -0.879. The predicted molar refractivity (Wildman–Crippen MR) is 73.3 cm³/mol. The Balaban J connectivity index is 4.34. The molecule has 0 spiro atoms. The Kier molecular flexibility index (Phi) is 7.98. The summed E-state index contributed by atoms with van der Waals surface area (Å²) in [6, 6.07) is 0. The van der Waals surface area contributed by atoms with E-state index in [9.17, 15) is 35.5 Å². The molecule has 0 aliphatic rings. The molecule has 0 aromatic carbocycles. The van der Waals surface area contributed by atoms with Crippen LogP contribution < -0.4 is 0 Å². The van der Waals surface area contributed by atoms with Gasteiger partial charge < -0.3 is 10.1 Å². The number of carbonyl (C=O) groups excluding carboxylic acids is 1. The highest BCUT2D eigenvalue weighted by atomic mass is 19.4. The second-order valence-electron chi connectivity index (χ2n) is 6.17. The molecule has 0 rings (SSSR count). The second kappa shape index (κ2) is 8.35. The van der Waals surface area contributed by atoms with Crippen LogP contribution in [0.5, 0.6) is 0 Å². The highest BCUT2D eigenvalue weighted by Crippen LogP contribution is 2.34. The van der Waals surface area contributed by atoms with E-state index in [4.69, 9.17) is 0 Å². The highest BCUT2D eigenvalue weighted by molar-refractivity contribution is 5.75. The van der Waals surface area contributed by atoms with Crippen molar-refractivity contribution >= 4 is 5.97 Å². The molecule has 144 valence electrons. The number of hydrogen-bond acceptors (Lipinski definition) is 2. The van der Waals surface area contributed by atoms with Crippen LogP contribution in [0, 0.1) is 5.41 Å². The third kappa shape index (κ3) is 9.94. The van der Waals surface area contributed by atoms with Gasteiger partial charge in [-0.3, -0.25) is 4.79 Å². The minimum atomic E-state index is -4.76. The van der Waals surface area contributed by atoms with Gasteiger partial charge in [0.15, 0.2) is 0 Å². The van der Waals surface area contributed by atoms with E-state index in [2.05, 4.69) is 10.1 Å². The van der Waals surface area contributed by atoms with Crippen LogP contribution in [0.15, 0.2) is 0 Å². The first-order chi connectivity index (χ1) is 10.6. The van der Waals surface area contributed by atoms with Crippen LogP contribution in [0.2, 0.25) is 0 Å². The summed E-state index contributed by atoms with van der Waals surface area (Å²) in [4.78, 5) is 11.6. The van der Waals surface area contributed by atoms with Crippen molar-refractivity contribution in [2.24, 2.45) is 5.41 Å². The number of carbonyl (C=O) groups is 1. The second-order valence-corrected chi connectivity index (χ2v) is 6.17. The summed E-state index contributed by atoms with van der Waals surface area (Å²) >= 11 is 0. The van der Waals surface area contributed by atoms with Crippen molar-refractivity contribution in [1.82, 2.24) is 0 Å². The molecule has 0 aliphatic heterocycles. The van der Waals surface area contributed by atoms with Crippen molar-refractivity contribution in [2.75, 3.05) is 19.7 Å². The molecule has 0 aromatic heterocycles. The number of nitrogens with zero attached hydrogens (tertiary/aromatic N) is 1. The van der Waals surface area contributed by atoms with Crippen LogP contribution in [0.25, 0.3) is 5.32 Å². The van der Waals surface area contributed by atoms with E-state index in [0.29, 0.717) is 6.42 Å². The van der Waals surface area contributed by atoms with Gasteiger partial charge in [-0.1, -0.05) is 20.0 Å². The minimum absolute atomic E-state index is 0.404. The van der Waals surface area contributed by atoms with Crippen molar-refractivity contribution in [1.29, 1.82) is 0 Å². The average Bonchev–Trinajstić information content (AvgIpc) is 2.34. The van der Waals surface area contributed by atoms with Crippen molar-refractivity contribution in [3.8, 4) is 0 Å². The molecule has 0 bridgehead atoms. The lowest BCUT2D eigenvalue weighted by Crippen LogP contribution is -2.34. The molecule has 0 saturated carbocycles. The first-order valence-corrected chi connectivity index (χ1v) is 7.23. The van der Waals surface area contributed by atoms with Gasteiger partial charge in [0.05, 0.1) is 18.4 Å². The molecule has 0 fully saturated rings. The standard InChI is InChI=1S/C14H21F7NO2/c1-4-11(2,3)10(23)24-6-5-12(15,16)7-13(17,18)8-22-9-14(19,20)21/h4-9H2,1-3H3/q-1. The van der Waals surface area contributed by atoms with Gasteiger partial charge in [0.2, 0.25) is 5.92 Å². The van der Waals surface area contributed by atoms with E-state index >= 15 is 0 Å². The fourth-order valence-electron chi connectivity index (χ4n) is 1.50. The lowest BCUT2D eigenvalue weighted by molar-refractivity contribution is -0.158. The molecule has 0 N–H and O–H groups in total. The molecule has 0 radical (unpaired) electrons. The van der Waals surface area contributed by atoms with E-state index in [1.165, 1.54) is 0 Å². The van der Waals surface area contributed by atoms with Crippen molar-refractivity contribution in [3.05, 3.63) is 5.32 Å². The van der Waals surface area contributed by atoms with Crippen LogP contribution in [0.1, 0.15) is 40.0 Å². The molecule has 0 amide bonds. The molecule has 10 heteroatoms. The normalized spacial score (nSPS) is 13.9. The Morgan fingerprint density at radius 3 is 1.96 bits per heavy atom. The number of rotatable bonds is 10. The molecule has 0 saturated heterocycles. The monoisotopic (exact) mass is 368 g/mol. The fraction of sp³-hybridized carbons (Fsp3) is 0.929. The molecule has 24 heavy (non-hydrogen) atoms. The Hall–Kier alpha value is -1.06. The third-order valence-corrected chi connectivity index (χ3v) is 3.29. The summed E-state index contributed by atoms with van der Waals surface area (Å²) in [7, 11) is 0. The number of alkyl halides is 7. The maximum Gasteiger partial charge on any atom is 0.371 e. The van der Waals surface area contributed by atoms with Gasteiger partial charge in [0, 0.05) is 6.42 Å². The molecule has 0 heterocycles.